The summed E-state index contributed by atoms with van der Waals surface area (Å²) in [5.41, 5.74) is 0.421. The Bertz CT molecular complexity index is 734. The van der Waals surface area contributed by atoms with Gasteiger partial charge in [-0.1, -0.05) is 17.3 Å². The molecule has 1 aliphatic heterocycles. The summed E-state index contributed by atoms with van der Waals surface area (Å²) in [6.45, 7) is 3.04. The molecule has 1 amide bonds. The molecule has 1 aromatic carbocycles. The normalized spacial score (nSPS) is 19.0. The van der Waals surface area contributed by atoms with Gasteiger partial charge in [0.15, 0.2) is 5.82 Å². The van der Waals surface area contributed by atoms with Crippen molar-refractivity contribution in [1.82, 2.24) is 15.0 Å². The number of hydrogen-bond acceptors (Lipinski definition) is 5. The Morgan fingerprint density at radius 2 is 2.36 bits per heavy atom. The second-order valence-electron chi connectivity index (χ2n) is 6.56. The first-order chi connectivity index (χ1) is 12.0. The molecule has 0 bridgehead atoms. The Labute approximate surface area is 145 Å². The van der Waals surface area contributed by atoms with E-state index in [4.69, 9.17) is 4.52 Å². The van der Waals surface area contributed by atoms with Crippen LogP contribution in [0.5, 0.6) is 0 Å². The monoisotopic (exact) mass is 347 g/mol. The number of aliphatic hydroxyl groups is 1. The molecular weight excluding hydrogens is 325 g/mol. The highest BCUT2D eigenvalue weighted by Gasteiger charge is 2.26. The van der Waals surface area contributed by atoms with Gasteiger partial charge in [-0.05, 0) is 36.5 Å². The smallest absolute Gasteiger partial charge is 0.225 e. The molecule has 0 saturated carbocycles. The number of aromatic nitrogens is 2. The van der Waals surface area contributed by atoms with Gasteiger partial charge in [0.05, 0.1) is 12.5 Å². The highest BCUT2D eigenvalue weighted by molar-refractivity contribution is 5.77. The summed E-state index contributed by atoms with van der Waals surface area (Å²) < 4.78 is 18.2. The molecule has 2 heterocycles. The lowest BCUT2D eigenvalue weighted by Gasteiger charge is -2.33. The van der Waals surface area contributed by atoms with Crippen LogP contribution >= 0.6 is 0 Å². The number of carbonyl (C=O) groups excluding carboxylic acids is 1. The molecule has 0 aliphatic carbocycles. The molecule has 6 nitrogen and oxygen atoms in total. The Balaban J connectivity index is 1.56. The van der Waals surface area contributed by atoms with E-state index in [1.54, 1.807) is 17.9 Å². The van der Waals surface area contributed by atoms with Gasteiger partial charge in [-0.15, -0.1) is 0 Å². The van der Waals surface area contributed by atoms with Gasteiger partial charge in [-0.2, -0.15) is 4.98 Å². The Hall–Kier alpha value is -2.28. The standard InChI is InChI=1S/C18H22FN3O3/c1-12-20-17(21-25-12)8-13-4-3-7-22(11-13)18(24)10-16(23)14-5-2-6-15(19)9-14/h2,5-6,9,13,16,23H,3-4,7-8,10-11H2,1H3. The van der Waals surface area contributed by atoms with E-state index in [0.29, 0.717) is 36.8 Å². The summed E-state index contributed by atoms with van der Waals surface area (Å²) >= 11 is 0. The summed E-state index contributed by atoms with van der Waals surface area (Å²) in [4.78, 5) is 18.5. The minimum absolute atomic E-state index is 0.0442. The summed E-state index contributed by atoms with van der Waals surface area (Å²) in [5.74, 6) is 0.942. The molecule has 1 fully saturated rings. The van der Waals surface area contributed by atoms with Crippen LogP contribution in [0.2, 0.25) is 0 Å². The third-order valence-corrected chi connectivity index (χ3v) is 4.51. The van der Waals surface area contributed by atoms with Crippen LogP contribution < -0.4 is 0 Å². The van der Waals surface area contributed by atoms with Crippen molar-refractivity contribution in [1.29, 1.82) is 0 Å². The van der Waals surface area contributed by atoms with Crippen molar-refractivity contribution in [2.45, 2.75) is 38.7 Å². The van der Waals surface area contributed by atoms with Crippen LogP contribution in [-0.2, 0) is 11.2 Å². The lowest BCUT2D eigenvalue weighted by Crippen LogP contribution is -2.41. The van der Waals surface area contributed by atoms with E-state index in [9.17, 15) is 14.3 Å². The van der Waals surface area contributed by atoms with E-state index in [0.717, 1.165) is 12.8 Å². The molecule has 134 valence electrons. The van der Waals surface area contributed by atoms with Crippen molar-refractivity contribution in [3.8, 4) is 0 Å². The van der Waals surface area contributed by atoms with Gasteiger partial charge < -0.3 is 14.5 Å². The molecule has 0 radical (unpaired) electrons. The van der Waals surface area contributed by atoms with Gasteiger partial charge in [0.1, 0.15) is 5.82 Å². The number of amides is 1. The fourth-order valence-electron chi connectivity index (χ4n) is 3.27. The number of aliphatic hydroxyl groups excluding tert-OH is 1. The first kappa shape index (κ1) is 17.5. The first-order valence-electron chi connectivity index (χ1n) is 8.52. The van der Waals surface area contributed by atoms with Gasteiger partial charge in [0.25, 0.3) is 0 Å². The summed E-state index contributed by atoms with van der Waals surface area (Å²) in [6, 6.07) is 5.73. The van der Waals surface area contributed by atoms with E-state index >= 15 is 0 Å². The lowest BCUT2D eigenvalue weighted by atomic mass is 9.94. The Morgan fingerprint density at radius 1 is 1.52 bits per heavy atom. The molecule has 2 unspecified atom stereocenters. The van der Waals surface area contributed by atoms with Crippen LogP contribution in [0, 0.1) is 18.7 Å². The maximum absolute atomic E-state index is 13.3. The number of halogens is 1. The van der Waals surface area contributed by atoms with Crippen molar-refractivity contribution in [3.63, 3.8) is 0 Å². The summed E-state index contributed by atoms with van der Waals surface area (Å²) in [7, 11) is 0. The number of rotatable bonds is 5. The highest BCUT2D eigenvalue weighted by atomic mass is 19.1. The van der Waals surface area contributed by atoms with E-state index in [1.807, 2.05) is 0 Å². The molecule has 3 rings (SSSR count). The molecule has 1 saturated heterocycles. The average Bonchev–Trinajstić information content (AvgIpc) is 3.00. The molecule has 7 heteroatoms. The second kappa shape index (κ2) is 7.74. The van der Waals surface area contributed by atoms with Crippen LogP contribution in [0.25, 0.3) is 0 Å². The van der Waals surface area contributed by atoms with Crippen molar-refractivity contribution >= 4 is 5.91 Å². The number of likely N-dealkylation sites (tertiary alicyclic amines) is 1. The van der Waals surface area contributed by atoms with Crippen LogP contribution in [-0.4, -0.2) is 39.1 Å². The van der Waals surface area contributed by atoms with Crippen molar-refractivity contribution in [3.05, 3.63) is 47.4 Å². The summed E-state index contributed by atoms with van der Waals surface area (Å²) in [5, 5.41) is 14.1. The largest absolute Gasteiger partial charge is 0.388 e. The van der Waals surface area contributed by atoms with Gasteiger partial charge in [0.2, 0.25) is 11.8 Å². The van der Waals surface area contributed by atoms with Gasteiger partial charge in [0, 0.05) is 26.4 Å². The number of nitrogens with zero attached hydrogens (tertiary/aromatic N) is 3. The minimum Gasteiger partial charge on any atom is -0.388 e. The number of benzene rings is 1. The lowest BCUT2D eigenvalue weighted by molar-refractivity contribution is -0.135. The van der Waals surface area contributed by atoms with Crippen molar-refractivity contribution < 1.29 is 18.8 Å². The molecule has 1 aliphatic rings. The second-order valence-corrected chi connectivity index (χ2v) is 6.56. The molecule has 25 heavy (non-hydrogen) atoms. The molecule has 2 aromatic rings. The van der Waals surface area contributed by atoms with Gasteiger partial charge in [-0.25, -0.2) is 4.39 Å². The number of aryl methyl sites for hydroxylation is 1. The van der Waals surface area contributed by atoms with E-state index in [2.05, 4.69) is 10.1 Å². The summed E-state index contributed by atoms with van der Waals surface area (Å²) in [6.07, 6.45) is 1.54. The quantitative estimate of drug-likeness (QED) is 0.898. The maximum Gasteiger partial charge on any atom is 0.225 e. The molecule has 1 N–H and O–H groups in total. The topological polar surface area (TPSA) is 79.5 Å². The van der Waals surface area contributed by atoms with Gasteiger partial charge in [-0.3, -0.25) is 4.79 Å². The number of hydrogen-bond donors (Lipinski definition) is 1. The number of carbonyl (C=O) groups is 1. The van der Waals surface area contributed by atoms with Crippen molar-refractivity contribution in [2.75, 3.05) is 13.1 Å². The van der Waals surface area contributed by atoms with Crippen LogP contribution in [0.4, 0.5) is 4.39 Å². The van der Waals surface area contributed by atoms with Crippen molar-refractivity contribution in [2.24, 2.45) is 5.92 Å². The predicted molar refractivity (Wildman–Crippen MR) is 88.0 cm³/mol. The number of piperidine rings is 1. The molecular formula is C18H22FN3O3. The van der Waals surface area contributed by atoms with Crippen LogP contribution in [0.1, 0.15) is 42.6 Å². The van der Waals surface area contributed by atoms with E-state index < -0.39 is 11.9 Å². The third kappa shape index (κ3) is 4.63. The zero-order valence-electron chi connectivity index (χ0n) is 14.2. The SMILES string of the molecule is Cc1nc(CC2CCCN(C(=O)CC(O)c3cccc(F)c3)C2)no1. The van der Waals surface area contributed by atoms with E-state index in [-0.39, 0.29) is 18.2 Å². The molecule has 2 atom stereocenters. The van der Waals surface area contributed by atoms with Gasteiger partial charge >= 0.3 is 0 Å². The third-order valence-electron chi connectivity index (χ3n) is 4.51. The predicted octanol–water partition coefficient (Wildman–Crippen LogP) is 2.42. The minimum atomic E-state index is -0.997. The Morgan fingerprint density at radius 3 is 3.08 bits per heavy atom. The fraction of sp³-hybridized carbons (Fsp3) is 0.500. The van der Waals surface area contributed by atoms with Crippen LogP contribution in [0.3, 0.4) is 0 Å². The first-order valence-corrected chi connectivity index (χ1v) is 8.52. The highest BCUT2D eigenvalue weighted by Crippen LogP contribution is 2.23. The Kier molecular flexibility index (Phi) is 5.43. The van der Waals surface area contributed by atoms with E-state index in [1.165, 1.54) is 18.2 Å². The molecule has 1 aromatic heterocycles. The zero-order valence-corrected chi connectivity index (χ0v) is 14.2. The van der Waals surface area contributed by atoms with Crippen LogP contribution in [0.15, 0.2) is 28.8 Å². The molecule has 0 spiro atoms. The average molecular weight is 347 g/mol. The zero-order chi connectivity index (χ0) is 17.8. The maximum atomic E-state index is 13.3. The fourth-order valence-corrected chi connectivity index (χ4v) is 3.27.